The molecule has 1 spiro atoms. The van der Waals surface area contributed by atoms with Crippen LogP contribution in [-0.4, -0.2) is 55.3 Å². The van der Waals surface area contributed by atoms with E-state index in [2.05, 4.69) is 20.0 Å². The number of anilines is 1. The second-order valence-corrected chi connectivity index (χ2v) is 8.84. The molecule has 3 fully saturated rings. The van der Waals surface area contributed by atoms with E-state index in [0.29, 0.717) is 49.5 Å². The molecule has 3 aromatic rings. The van der Waals surface area contributed by atoms with E-state index in [1.54, 1.807) is 15.6 Å². The van der Waals surface area contributed by atoms with Crippen LogP contribution in [0.25, 0.3) is 5.65 Å². The van der Waals surface area contributed by atoms with Gasteiger partial charge in [0.15, 0.2) is 11.2 Å². The Morgan fingerprint density at radius 1 is 1.16 bits per heavy atom. The lowest BCUT2D eigenvalue weighted by molar-refractivity contribution is -0.145. The molecule has 3 saturated heterocycles. The number of halogens is 2. The molecular formula is C22H22F2N6O2. The first-order valence-corrected chi connectivity index (χ1v) is 10.8. The van der Waals surface area contributed by atoms with Crippen molar-refractivity contribution in [2.24, 2.45) is 5.92 Å². The van der Waals surface area contributed by atoms with E-state index in [1.807, 2.05) is 13.0 Å². The molecule has 3 aliphatic heterocycles. The van der Waals surface area contributed by atoms with Gasteiger partial charge in [0.25, 0.3) is 5.91 Å². The first-order valence-electron chi connectivity index (χ1n) is 10.8. The molecule has 5 heterocycles. The van der Waals surface area contributed by atoms with Crippen LogP contribution in [0.4, 0.5) is 14.7 Å². The monoisotopic (exact) mass is 440 g/mol. The van der Waals surface area contributed by atoms with Crippen LogP contribution in [0.15, 0.2) is 36.8 Å². The van der Waals surface area contributed by atoms with Gasteiger partial charge in [0, 0.05) is 37.6 Å². The highest BCUT2D eigenvalue weighted by molar-refractivity contribution is 5.88. The van der Waals surface area contributed by atoms with E-state index in [0.717, 1.165) is 6.07 Å². The molecule has 0 saturated carbocycles. The maximum Gasteiger partial charge on any atom is 0.257 e. The Morgan fingerprint density at radius 2 is 1.97 bits per heavy atom. The van der Waals surface area contributed by atoms with Crippen molar-refractivity contribution in [1.29, 1.82) is 0 Å². The number of ether oxygens (including phenoxy) is 1. The van der Waals surface area contributed by atoms with Crippen molar-refractivity contribution < 1.29 is 18.3 Å². The number of benzene rings is 1. The fourth-order valence-corrected chi connectivity index (χ4v) is 5.52. The minimum absolute atomic E-state index is 0.0891. The number of amides is 1. The van der Waals surface area contributed by atoms with Crippen molar-refractivity contribution in [3.05, 3.63) is 54.0 Å². The Hall–Kier alpha value is -3.14. The SMILES string of the molecule is CC1CN(c2ncnc3ccnn23)CCC12O[C@@H]1CC[C@@H](c3cc(F)cc(F)c3)N1C2=O. The minimum Gasteiger partial charge on any atom is -0.342 e. The summed E-state index contributed by atoms with van der Waals surface area (Å²) in [5.74, 6) is -0.793. The van der Waals surface area contributed by atoms with E-state index >= 15 is 0 Å². The predicted molar refractivity (Wildman–Crippen MR) is 110 cm³/mol. The molecule has 3 aliphatic rings. The molecule has 0 aliphatic carbocycles. The van der Waals surface area contributed by atoms with Gasteiger partial charge in [-0.05, 0) is 30.5 Å². The standard InChI is InChI=1S/C22H22F2N6O2/c1-13-11-28(21-26-12-25-18-4-6-27-30(18)21)7-5-22(13)20(31)29-17(2-3-19(29)32-22)14-8-15(23)10-16(24)9-14/h4,6,8-10,12-13,17,19H,2-3,5,7,11H2,1H3/t13?,17-,19+,22?/m0/s1. The van der Waals surface area contributed by atoms with Crippen LogP contribution in [0.3, 0.4) is 0 Å². The number of nitrogens with zero attached hydrogens (tertiary/aromatic N) is 6. The Bertz CT molecular complexity index is 1200. The molecule has 6 rings (SSSR count). The second-order valence-electron chi connectivity index (χ2n) is 8.84. The van der Waals surface area contributed by atoms with Crippen molar-refractivity contribution >= 4 is 17.5 Å². The van der Waals surface area contributed by atoms with Gasteiger partial charge in [-0.2, -0.15) is 9.61 Å². The number of hydrogen-bond acceptors (Lipinski definition) is 6. The normalized spacial score (nSPS) is 30.0. The number of hydrogen-bond donors (Lipinski definition) is 0. The average molecular weight is 440 g/mol. The van der Waals surface area contributed by atoms with Gasteiger partial charge in [-0.25, -0.2) is 18.7 Å². The van der Waals surface area contributed by atoms with Crippen LogP contribution in [0.5, 0.6) is 0 Å². The molecule has 2 unspecified atom stereocenters. The minimum atomic E-state index is -0.942. The van der Waals surface area contributed by atoms with Gasteiger partial charge in [-0.1, -0.05) is 6.92 Å². The third-order valence-corrected chi connectivity index (χ3v) is 7.05. The summed E-state index contributed by atoms with van der Waals surface area (Å²) in [7, 11) is 0. The molecule has 10 heteroatoms. The van der Waals surface area contributed by atoms with Gasteiger partial charge < -0.3 is 14.5 Å². The first kappa shape index (κ1) is 19.5. The number of fused-ring (bicyclic) bond motifs is 2. The van der Waals surface area contributed by atoms with E-state index < -0.39 is 17.2 Å². The molecule has 0 bridgehead atoms. The molecule has 32 heavy (non-hydrogen) atoms. The number of carbonyl (C=O) groups is 1. The number of carbonyl (C=O) groups excluding carboxylic acids is 1. The van der Waals surface area contributed by atoms with Crippen LogP contribution in [0.1, 0.15) is 37.8 Å². The third kappa shape index (κ3) is 2.75. The van der Waals surface area contributed by atoms with Gasteiger partial charge in [-0.15, -0.1) is 0 Å². The smallest absolute Gasteiger partial charge is 0.257 e. The number of piperidine rings is 1. The van der Waals surface area contributed by atoms with Crippen molar-refractivity contribution in [3.8, 4) is 0 Å². The molecule has 8 nitrogen and oxygen atoms in total. The zero-order valence-electron chi connectivity index (χ0n) is 17.5. The van der Waals surface area contributed by atoms with Crippen LogP contribution in [0, 0.1) is 17.6 Å². The summed E-state index contributed by atoms with van der Waals surface area (Å²) in [4.78, 5) is 26.1. The molecule has 4 atom stereocenters. The summed E-state index contributed by atoms with van der Waals surface area (Å²) in [6, 6.07) is 4.90. The van der Waals surface area contributed by atoms with Gasteiger partial charge in [-0.3, -0.25) is 4.79 Å². The maximum atomic E-state index is 13.8. The fraction of sp³-hybridized carbons (Fsp3) is 0.455. The highest BCUT2D eigenvalue weighted by Crippen LogP contribution is 2.49. The quantitative estimate of drug-likeness (QED) is 0.610. The number of aromatic nitrogens is 4. The molecule has 0 radical (unpaired) electrons. The first-order chi connectivity index (χ1) is 15.5. The van der Waals surface area contributed by atoms with Gasteiger partial charge in [0.1, 0.15) is 24.2 Å². The molecular weight excluding hydrogens is 418 g/mol. The van der Waals surface area contributed by atoms with Crippen molar-refractivity contribution in [3.63, 3.8) is 0 Å². The van der Waals surface area contributed by atoms with E-state index in [-0.39, 0.29) is 24.1 Å². The lowest BCUT2D eigenvalue weighted by Gasteiger charge is -2.42. The van der Waals surface area contributed by atoms with E-state index in [1.165, 1.54) is 18.5 Å². The average Bonchev–Trinajstić information content (AvgIpc) is 3.46. The summed E-state index contributed by atoms with van der Waals surface area (Å²) in [6.07, 6.45) is 4.58. The van der Waals surface area contributed by atoms with E-state index in [4.69, 9.17) is 4.74 Å². The van der Waals surface area contributed by atoms with Gasteiger partial charge in [0.2, 0.25) is 5.95 Å². The lowest BCUT2D eigenvalue weighted by atomic mass is 9.81. The third-order valence-electron chi connectivity index (χ3n) is 7.05. The Labute approximate surface area is 182 Å². The lowest BCUT2D eigenvalue weighted by Crippen LogP contribution is -2.56. The van der Waals surface area contributed by atoms with Crippen LogP contribution < -0.4 is 4.90 Å². The van der Waals surface area contributed by atoms with Crippen LogP contribution in [-0.2, 0) is 9.53 Å². The summed E-state index contributed by atoms with van der Waals surface area (Å²) in [5.41, 5.74) is 0.246. The van der Waals surface area contributed by atoms with Crippen molar-refractivity contribution in [2.75, 3.05) is 18.0 Å². The number of rotatable bonds is 2. The molecule has 0 N–H and O–H groups in total. The van der Waals surface area contributed by atoms with Crippen LogP contribution in [0.2, 0.25) is 0 Å². The molecule has 2 aromatic heterocycles. The summed E-state index contributed by atoms with van der Waals surface area (Å²) < 4.78 is 35.8. The Morgan fingerprint density at radius 3 is 2.75 bits per heavy atom. The zero-order chi connectivity index (χ0) is 22.0. The fourth-order valence-electron chi connectivity index (χ4n) is 5.52. The van der Waals surface area contributed by atoms with Crippen molar-refractivity contribution in [2.45, 2.75) is 44.1 Å². The predicted octanol–water partition coefficient (Wildman–Crippen LogP) is 2.71. The summed E-state index contributed by atoms with van der Waals surface area (Å²) >= 11 is 0. The summed E-state index contributed by atoms with van der Waals surface area (Å²) in [6.45, 7) is 3.14. The second kappa shape index (κ2) is 6.93. The Balaban J connectivity index is 1.27. The topological polar surface area (TPSA) is 75.9 Å². The summed E-state index contributed by atoms with van der Waals surface area (Å²) in [5, 5.41) is 4.31. The van der Waals surface area contributed by atoms with Gasteiger partial charge >= 0.3 is 0 Å². The van der Waals surface area contributed by atoms with Crippen LogP contribution >= 0.6 is 0 Å². The highest BCUT2D eigenvalue weighted by Gasteiger charge is 2.61. The Kier molecular flexibility index (Phi) is 4.23. The zero-order valence-corrected chi connectivity index (χ0v) is 17.5. The van der Waals surface area contributed by atoms with Crippen molar-refractivity contribution in [1.82, 2.24) is 24.5 Å². The maximum absolute atomic E-state index is 13.8. The van der Waals surface area contributed by atoms with Gasteiger partial charge in [0.05, 0.1) is 12.2 Å². The van der Waals surface area contributed by atoms with E-state index in [9.17, 15) is 13.6 Å². The molecule has 1 amide bonds. The molecule has 1 aromatic carbocycles. The molecule has 166 valence electrons. The highest BCUT2D eigenvalue weighted by atomic mass is 19.1. The largest absolute Gasteiger partial charge is 0.342 e.